The molecule has 6 heteroatoms. The van der Waals surface area contributed by atoms with Gasteiger partial charge in [0.15, 0.2) is 0 Å². The van der Waals surface area contributed by atoms with Crippen LogP contribution in [0.4, 0.5) is 11.4 Å². The van der Waals surface area contributed by atoms with E-state index in [0.29, 0.717) is 11.4 Å². The van der Waals surface area contributed by atoms with Crippen LogP contribution in [0.5, 0.6) is 0 Å². The van der Waals surface area contributed by atoms with Gasteiger partial charge >= 0.3 is 0 Å². The molecule has 120 valence electrons. The average molecular weight is 313 g/mol. The molecular formula is C17H19N3O3. The molecule has 0 bridgehead atoms. The third-order valence-corrected chi connectivity index (χ3v) is 3.54. The molecule has 0 fully saturated rings. The lowest BCUT2D eigenvalue weighted by Crippen LogP contribution is -2.15. The Morgan fingerprint density at radius 2 is 1.83 bits per heavy atom. The van der Waals surface area contributed by atoms with Gasteiger partial charge in [-0.2, -0.15) is 0 Å². The van der Waals surface area contributed by atoms with E-state index in [1.165, 1.54) is 6.07 Å². The lowest BCUT2D eigenvalue weighted by atomic mass is 9.87. The van der Waals surface area contributed by atoms with Crippen molar-refractivity contribution >= 4 is 17.3 Å². The zero-order chi connectivity index (χ0) is 17.2. The number of carbonyl (C=O) groups excluding carboxylic acids is 1. The van der Waals surface area contributed by atoms with E-state index in [1.807, 2.05) is 24.3 Å². The molecule has 0 unspecified atom stereocenters. The van der Waals surface area contributed by atoms with Crippen LogP contribution in [-0.4, -0.2) is 15.8 Å². The molecule has 1 aromatic carbocycles. The first-order chi connectivity index (χ1) is 10.7. The predicted octanol–water partition coefficient (Wildman–Crippen LogP) is 3.85. The number of amides is 1. The first-order valence-electron chi connectivity index (χ1n) is 7.21. The van der Waals surface area contributed by atoms with E-state index in [-0.39, 0.29) is 16.7 Å². The third-order valence-electron chi connectivity index (χ3n) is 3.54. The first kappa shape index (κ1) is 16.6. The average Bonchev–Trinajstić information content (AvgIpc) is 2.47. The summed E-state index contributed by atoms with van der Waals surface area (Å²) in [4.78, 5) is 26.5. The van der Waals surface area contributed by atoms with Crippen molar-refractivity contribution in [2.45, 2.75) is 33.1 Å². The summed E-state index contributed by atoms with van der Waals surface area (Å²) in [5.74, 6) is -0.415. The molecule has 0 atom stereocenters. The van der Waals surface area contributed by atoms with Gasteiger partial charge in [-0.15, -0.1) is 0 Å². The second kappa shape index (κ2) is 6.16. The summed E-state index contributed by atoms with van der Waals surface area (Å²) in [6.45, 7) is 7.97. The fraction of sp³-hybridized carbons (Fsp3) is 0.294. The molecule has 0 saturated carbocycles. The van der Waals surface area contributed by atoms with Gasteiger partial charge < -0.3 is 5.32 Å². The van der Waals surface area contributed by atoms with Gasteiger partial charge in [0.25, 0.3) is 11.6 Å². The van der Waals surface area contributed by atoms with Crippen molar-refractivity contribution in [2.24, 2.45) is 0 Å². The topological polar surface area (TPSA) is 85.1 Å². The number of aryl methyl sites for hydroxylation is 1. The van der Waals surface area contributed by atoms with Crippen LogP contribution in [-0.2, 0) is 5.41 Å². The van der Waals surface area contributed by atoms with E-state index >= 15 is 0 Å². The summed E-state index contributed by atoms with van der Waals surface area (Å²) in [5, 5.41) is 13.6. The smallest absolute Gasteiger partial charge is 0.288 e. The van der Waals surface area contributed by atoms with E-state index in [0.717, 1.165) is 11.8 Å². The number of benzene rings is 1. The van der Waals surface area contributed by atoms with Crippen molar-refractivity contribution in [1.29, 1.82) is 0 Å². The Morgan fingerprint density at radius 3 is 2.35 bits per heavy atom. The minimum atomic E-state index is -0.568. The van der Waals surface area contributed by atoms with Gasteiger partial charge in [-0.25, -0.2) is 0 Å². The Balaban J connectivity index is 2.22. The minimum absolute atomic E-state index is 0.0308. The summed E-state index contributed by atoms with van der Waals surface area (Å²) in [5.41, 5.74) is 2.25. The monoisotopic (exact) mass is 313 g/mol. The van der Waals surface area contributed by atoms with Crippen molar-refractivity contribution in [3.8, 4) is 0 Å². The van der Waals surface area contributed by atoms with E-state index in [2.05, 4.69) is 31.1 Å². The van der Waals surface area contributed by atoms with E-state index in [1.54, 1.807) is 6.92 Å². The molecule has 0 aliphatic heterocycles. The molecule has 2 rings (SSSR count). The maximum atomic E-state index is 12.3. The SMILES string of the molecule is Cc1ncc([N+](=O)[O-])cc1C(=O)Nc1ccc(C(C)(C)C)cc1. The largest absolute Gasteiger partial charge is 0.322 e. The highest BCUT2D eigenvalue weighted by Gasteiger charge is 2.17. The van der Waals surface area contributed by atoms with Crippen LogP contribution in [0.2, 0.25) is 0 Å². The molecular weight excluding hydrogens is 294 g/mol. The Morgan fingerprint density at radius 1 is 1.22 bits per heavy atom. The fourth-order valence-electron chi connectivity index (χ4n) is 2.10. The molecule has 2 aromatic rings. The predicted molar refractivity (Wildman–Crippen MR) is 88.7 cm³/mol. The number of aromatic nitrogens is 1. The van der Waals surface area contributed by atoms with Crippen LogP contribution in [0.3, 0.4) is 0 Å². The first-order valence-corrected chi connectivity index (χ1v) is 7.21. The highest BCUT2D eigenvalue weighted by atomic mass is 16.6. The zero-order valence-electron chi connectivity index (χ0n) is 13.6. The maximum absolute atomic E-state index is 12.3. The molecule has 0 aliphatic carbocycles. The Labute approximate surface area is 134 Å². The fourth-order valence-corrected chi connectivity index (χ4v) is 2.10. The Kier molecular flexibility index (Phi) is 4.45. The van der Waals surface area contributed by atoms with Crippen molar-refractivity contribution in [1.82, 2.24) is 4.98 Å². The van der Waals surface area contributed by atoms with Gasteiger partial charge in [-0.3, -0.25) is 19.9 Å². The number of carbonyl (C=O) groups is 1. The van der Waals surface area contributed by atoms with Crippen molar-refractivity contribution in [3.05, 3.63) is 63.5 Å². The third kappa shape index (κ3) is 3.91. The van der Waals surface area contributed by atoms with E-state index < -0.39 is 10.8 Å². The van der Waals surface area contributed by atoms with Crippen LogP contribution >= 0.6 is 0 Å². The van der Waals surface area contributed by atoms with E-state index in [4.69, 9.17) is 0 Å². The molecule has 0 saturated heterocycles. The van der Waals surface area contributed by atoms with E-state index in [9.17, 15) is 14.9 Å². The molecule has 23 heavy (non-hydrogen) atoms. The van der Waals surface area contributed by atoms with Crippen LogP contribution in [0.15, 0.2) is 36.5 Å². The maximum Gasteiger partial charge on any atom is 0.288 e. The van der Waals surface area contributed by atoms with Gasteiger partial charge in [0, 0.05) is 11.8 Å². The van der Waals surface area contributed by atoms with Gasteiger partial charge in [0.1, 0.15) is 6.20 Å². The van der Waals surface area contributed by atoms with Crippen LogP contribution < -0.4 is 5.32 Å². The van der Waals surface area contributed by atoms with Gasteiger partial charge in [0.05, 0.1) is 16.2 Å². The molecule has 1 heterocycles. The number of nitro groups is 1. The van der Waals surface area contributed by atoms with Crippen molar-refractivity contribution in [3.63, 3.8) is 0 Å². The quantitative estimate of drug-likeness (QED) is 0.689. The summed E-state index contributed by atoms with van der Waals surface area (Å²) in [6.07, 6.45) is 1.14. The molecule has 0 aliphatic rings. The van der Waals surface area contributed by atoms with Gasteiger partial charge in [-0.05, 0) is 30.0 Å². The number of hydrogen-bond acceptors (Lipinski definition) is 4. The number of rotatable bonds is 3. The number of pyridine rings is 1. The molecule has 1 aromatic heterocycles. The Bertz CT molecular complexity index is 747. The summed E-state index contributed by atoms with van der Waals surface area (Å²) >= 11 is 0. The highest BCUT2D eigenvalue weighted by Crippen LogP contribution is 2.24. The summed E-state index contributed by atoms with van der Waals surface area (Å²) in [6, 6.07) is 8.78. The lowest BCUT2D eigenvalue weighted by molar-refractivity contribution is -0.385. The van der Waals surface area contributed by atoms with Crippen molar-refractivity contribution in [2.75, 3.05) is 5.32 Å². The molecule has 1 N–H and O–H groups in total. The number of nitrogens with zero attached hydrogens (tertiary/aromatic N) is 2. The second-order valence-corrected chi connectivity index (χ2v) is 6.37. The minimum Gasteiger partial charge on any atom is -0.322 e. The van der Waals surface area contributed by atoms with Crippen LogP contribution in [0.25, 0.3) is 0 Å². The Hall–Kier alpha value is -2.76. The highest BCUT2D eigenvalue weighted by molar-refractivity contribution is 6.05. The number of anilines is 1. The molecule has 1 amide bonds. The van der Waals surface area contributed by atoms with Crippen molar-refractivity contribution < 1.29 is 9.72 Å². The summed E-state index contributed by atoms with van der Waals surface area (Å²) < 4.78 is 0. The molecule has 0 spiro atoms. The van der Waals surface area contributed by atoms with Crippen LogP contribution in [0.1, 0.15) is 42.4 Å². The zero-order valence-corrected chi connectivity index (χ0v) is 13.6. The standard InChI is InChI=1S/C17H19N3O3/c1-11-15(9-14(10-18-11)20(22)23)16(21)19-13-7-5-12(6-8-13)17(2,3)4/h5-10H,1-4H3,(H,19,21). The van der Waals surface area contributed by atoms with Crippen LogP contribution in [0, 0.1) is 17.0 Å². The van der Waals surface area contributed by atoms with Gasteiger partial charge in [-0.1, -0.05) is 32.9 Å². The molecule has 0 radical (unpaired) electrons. The number of hydrogen-bond donors (Lipinski definition) is 1. The second-order valence-electron chi connectivity index (χ2n) is 6.37. The molecule has 6 nitrogen and oxygen atoms in total. The normalized spacial score (nSPS) is 11.1. The number of nitrogens with one attached hydrogen (secondary N) is 1. The van der Waals surface area contributed by atoms with Gasteiger partial charge in [0.2, 0.25) is 0 Å². The lowest BCUT2D eigenvalue weighted by Gasteiger charge is -2.19. The summed E-state index contributed by atoms with van der Waals surface area (Å²) in [7, 11) is 0.